The lowest BCUT2D eigenvalue weighted by molar-refractivity contribution is -0.121. The fourth-order valence-electron chi connectivity index (χ4n) is 2.91. The normalized spacial score (nSPS) is 14.4. The number of nitrogens with zero attached hydrogens (tertiary/aromatic N) is 1. The zero-order chi connectivity index (χ0) is 17.2. The van der Waals surface area contributed by atoms with Gasteiger partial charge in [-0.25, -0.2) is 4.98 Å². The number of anilines is 1. The second kappa shape index (κ2) is 9.90. The second-order valence-electron chi connectivity index (χ2n) is 6.32. The van der Waals surface area contributed by atoms with Crippen LogP contribution in [0.4, 0.5) is 5.82 Å². The first-order valence-corrected chi connectivity index (χ1v) is 8.94. The largest absolute Gasteiger partial charge is 0.368 e. The van der Waals surface area contributed by atoms with Gasteiger partial charge in [-0.2, -0.15) is 0 Å². The van der Waals surface area contributed by atoms with E-state index in [9.17, 15) is 9.59 Å². The van der Waals surface area contributed by atoms with Crippen molar-refractivity contribution in [3.8, 4) is 0 Å². The van der Waals surface area contributed by atoms with Gasteiger partial charge in [-0.05, 0) is 37.3 Å². The molecule has 0 spiro atoms. The molecule has 1 aliphatic rings. The number of amides is 2. The van der Waals surface area contributed by atoms with Gasteiger partial charge in [0.1, 0.15) is 5.82 Å². The van der Waals surface area contributed by atoms with E-state index in [1.165, 1.54) is 25.7 Å². The molecule has 6 nitrogen and oxygen atoms in total. The summed E-state index contributed by atoms with van der Waals surface area (Å²) in [6, 6.07) is 3.53. The Balaban J connectivity index is 1.63. The van der Waals surface area contributed by atoms with Crippen LogP contribution in [0.3, 0.4) is 0 Å². The highest BCUT2D eigenvalue weighted by molar-refractivity contribution is 5.94. The standard InChI is InChI=1S/C18H28N4O2/c1-2-9-21-18(24)15-7-8-16(22-13-15)19-10-11-20-17(23)12-14-5-3-4-6-14/h7-8,13-14H,2-6,9-12H2,1H3,(H,19,22)(H,20,23)(H,21,24). The summed E-state index contributed by atoms with van der Waals surface area (Å²) < 4.78 is 0. The van der Waals surface area contributed by atoms with Crippen LogP contribution in [0, 0.1) is 5.92 Å². The van der Waals surface area contributed by atoms with E-state index in [0.717, 1.165) is 6.42 Å². The highest BCUT2D eigenvalue weighted by Crippen LogP contribution is 2.27. The summed E-state index contributed by atoms with van der Waals surface area (Å²) in [5.74, 6) is 1.31. The minimum atomic E-state index is -0.102. The zero-order valence-electron chi connectivity index (χ0n) is 14.4. The van der Waals surface area contributed by atoms with Gasteiger partial charge in [-0.1, -0.05) is 19.8 Å². The highest BCUT2D eigenvalue weighted by Gasteiger charge is 2.17. The highest BCUT2D eigenvalue weighted by atomic mass is 16.2. The molecule has 1 aromatic rings. The van der Waals surface area contributed by atoms with Crippen LogP contribution in [0.25, 0.3) is 0 Å². The molecule has 0 unspecified atom stereocenters. The predicted octanol–water partition coefficient (Wildman–Crippen LogP) is 2.33. The van der Waals surface area contributed by atoms with Crippen LogP contribution < -0.4 is 16.0 Å². The van der Waals surface area contributed by atoms with Crippen molar-refractivity contribution in [2.24, 2.45) is 5.92 Å². The smallest absolute Gasteiger partial charge is 0.252 e. The molecule has 1 heterocycles. The number of carbonyl (C=O) groups is 2. The van der Waals surface area contributed by atoms with Gasteiger partial charge >= 0.3 is 0 Å². The van der Waals surface area contributed by atoms with Crippen molar-refractivity contribution in [1.82, 2.24) is 15.6 Å². The van der Waals surface area contributed by atoms with E-state index in [2.05, 4.69) is 20.9 Å². The van der Waals surface area contributed by atoms with Gasteiger partial charge < -0.3 is 16.0 Å². The average Bonchev–Trinajstić information content (AvgIpc) is 3.10. The molecule has 6 heteroatoms. The van der Waals surface area contributed by atoms with Gasteiger partial charge in [0.15, 0.2) is 0 Å². The van der Waals surface area contributed by atoms with Crippen molar-refractivity contribution < 1.29 is 9.59 Å². The summed E-state index contributed by atoms with van der Waals surface area (Å²) in [7, 11) is 0. The van der Waals surface area contributed by atoms with Gasteiger partial charge in [-0.3, -0.25) is 9.59 Å². The first-order chi connectivity index (χ1) is 11.7. The molecule has 1 aliphatic carbocycles. The summed E-state index contributed by atoms with van der Waals surface area (Å²) in [6.07, 6.45) is 8.02. The Bertz CT molecular complexity index is 524. The summed E-state index contributed by atoms with van der Waals surface area (Å²) in [4.78, 5) is 27.8. The summed E-state index contributed by atoms with van der Waals surface area (Å²) in [5.41, 5.74) is 0.555. The minimum absolute atomic E-state index is 0.102. The molecule has 132 valence electrons. The lowest BCUT2D eigenvalue weighted by atomic mass is 10.0. The predicted molar refractivity (Wildman–Crippen MR) is 94.9 cm³/mol. The number of carbonyl (C=O) groups excluding carboxylic acids is 2. The van der Waals surface area contributed by atoms with E-state index in [1.54, 1.807) is 18.3 Å². The first-order valence-electron chi connectivity index (χ1n) is 8.94. The van der Waals surface area contributed by atoms with E-state index in [4.69, 9.17) is 0 Å². The SMILES string of the molecule is CCCNC(=O)c1ccc(NCCNC(=O)CC2CCCC2)nc1. The number of rotatable bonds is 9. The van der Waals surface area contributed by atoms with Crippen LogP contribution >= 0.6 is 0 Å². The third kappa shape index (κ3) is 6.18. The first kappa shape index (κ1) is 18.2. The van der Waals surface area contributed by atoms with Gasteiger partial charge in [0.2, 0.25) is 5.91 Å². The van der Waals surface area contributed by atoms with Gasteiger partial charge in [0, 0.05) is 32.3 Å². The van der Waals surface area contributed by atoms with Crippen LogP contribution in [0.5, 0.6) is 0 Å². The maximum Gasteiger partial charge on any atom is 0.252 e. The minimum Gasteiger partial charge on any atom is -0.368 e. The van der Waals surface area contributed by atoms with Gasteiger partial charge in [-0.15, -0.1) is 0 Å². The summed E-state index contributed by atoms with van der Waals surface area (Å²) in [6.45, 7) is 3.87. The number of hydrogen-bond acceptors (Lipinski definition) is 4. The molecule has 1 fully saturated rings. The van der Waals surface area contributed by atoms with Crippen molar-refractivity contribution in [1.29, 1.82) is 0 Å². The third-order valence-corrected chi connectivity index (χ3v) is 4.26. The van der Waals surface area contributed by atoms with Crippen molar-refractivity contribution in [3.63, 3.8) is 0 Å². The quantitative estimate of drug-likeness (QED) is 0.606. The Morgan fingerprint density at radius 2 is 1.92 bits per heavy atom. The van der Waals surface area contributed by atoms with E-state index in [0.29, 0.717) is 43.4 Å². The third-order valence-electron chi connectivity index (χ3n) is 4.26. The molecule has 0 aliphatic heterocycles. The van der Waals surface area contributed by atoms with Crippen LogP contribution in [-0.2, 0) is 4.79 Å². The lowest BCUT2D eigenvalue weighted by Gasteiger charge is -2.10. The maximum atomic E-state index is 11.8. The lowest BCUT2D eigenvalue weighted by Crippen LogP contribution is -2.30. The van der Waals surface area contributed by atoms with Crippen LogP contribution in [-0.4, -0.2) is 36.4 Å². The van der Waals surface area contributed by atoms with Gasteiger partial charge in [0.05, 0.1) is 5.56 Å². The number of hydrogen-bond donors (Lipinski definition) is 3. The number of aromatic nitrogens is 1. The molecule has 1 saturated carbocycles. The van der Waals surface area contributed by atoms with E-state index in [-0.39, 0.29) is 11.8 Å². The Morgan fingerprint density at radius 3 is 2.58 bits per heavy atom. The molecule has 0 aromatic carbocycles. The monoisotopic (exact) mass is 332 g/mol. The molecular formula is C18H28N4O2. The molecule has 3 N–H and O–H groups in total. The van der Waals surface area contributed by atoms with Crippen LogP contribution in [0.15, 0.2) is 18.3 Å². The number of nitrogens with one attached hydrogen (secondary N) is 3. The van der Waals surface area contributed by atoms with Crippen molar-refractivity contribution in [2.75, 3.05) is 25.0 Å². The average molecular weight is 332 g/mol. The molecule has 1 aromatic heterocycles. The second-order valence-corrected chi connectivity index (χ2v) is 6.32. The van der Waals surface area contributed by atoms with Crippen molar-refractivity contribution in [2.45, 2.75) is 45.4 Å². The molecule has 0 saturated heterocycles. The molecule has 2 rings (SSSR count). The van der Waals surface area contributed by atoms with Crippen LogP contribution in [0.2, 0.25) is 0 Å². The van der Waals surface area contributed by atoms with E-state index < -0.39 is 0 Å². The molecule has 0 bridgehead atoms. The zero-order valence-corrected chi connectivity index (χ0v) is 14.4. The van der Waals surface area contributed by atoms with Crippen LogP contribution in [0.1, 0.15) is 55.8 Å². The fraction of sp³-hybridized carbons (Fsp3) is 0.611. The molecule has 24 heavy (non-hydrogen) atoms. The Hall–Kier alpha value is -2.11. The molecule has 0 radical (unpaired) electrons. The van der Waals surface area contributed by atoms with Gasteiger partial charge in [0.25, 0.3) is 5.91 Å². The van der Waals surface area contributed by atoms with E-state index >= 15 is 0 Å². The van der Waals surface area contributed by atoms with E-state index in [1.807, 2.05) is 6.92 Å². The topological polar surface area (TPSA) is 83.1 Å². The van der Waals surface area contributed by atoms with Crippen molar-refractivity contribution in [3.05, 3.63) is 23.9 Å². The summed E-state index contributed by atoms with van der Waals surface area (Å²) in [5, 5.41) is 8.90. The molecule has 2 amide bonds. The Morgan fingerprint density at radius 1 is 1.12 bits per heavy atom. The fourth-order valence-corrected chi connectivity index (χ4v) is 2.91. The molecule has 0 atom stereocenters. The molecular weight excluding hydrogens is 304 g/mol. The Labute approximate surface area is 143 Å². The maximum absolute atomic E-state index is 11.8. The van der Waals surface area contributed by atoms with Crippen molar-refractivity contribution >= 4 is 17.6 Å². The Kier molecular flexibility index (Phi) is 7.52. The summed E-state index contributed by atoms with van der Waals surface area (Å²) >= 11 is 0. The number of pyridine rings is 1.